The fourth-order valence-electron chi connectivity index (χ4n) is 2.71. The van der Waals surface area contributed by atoms with E-state index in [4.69, 9.17) is 5.11 Å². The van der Waals surface area contributed by atoms with Crippen LogP contribution in [-0.2, 0) is 6.42 Å². The zero-order valence-corrected chi connectivity index (χ0v) is 12.1. The van der Waals surface area contributed by atoms with Gasteiger partial charge in [-0.15, -0.1) is 12.4 Å². The van der Waals surface area contributed by atoms with Gasteiger partial charge in [-0.3, -0.25) is 0 Å². The molecule has 1 aliphatic carbocycles. The number of halogens is 1. The molecule has 1 aromatic carbocycles. The number of rotatable bonds is 6. The zero-order chi connectivity index (χ0) is 12.6. The van der Waals surface area contributed by atoms with Gasteiger partial charge in [0.15, 0.2) is 0 Å². The van der Waals surface area contributed by atoms with E-state index >= 15 is 0 Å². The van der Waals surface area contributed by atoms with Gasteiger partial charge in [0.2, 0.25) is 0 Å². The van der Waals surface area contributed by atoms with Crippen molar-refractivity contribution in [2.45, 2.75) is 31.7 Å². The lowest BCUT2D eigenvalue weighted by molar-refractivity contribution is 0.260. The summed E-state index contributed by atoms with van der Waals surface area (Å²) in [5.74, 6) is 0.696. The van der Waals surface area contributed by atoms with E-state index in [2.05, 4.69) is 47.8 Å². The van der Waals surface area contributed by atoms with Gasteiger partial charge in [-0.1, -0.05) is 42.5 Å². The first-order valence-corrected chi connectivity index (χ1v) is 6.93. The number of hydrogen-bond donors (Lipinski definition) is 2. The standard InChI is InChI=1S/C16H23NO.ClH/c18-12-11-17-16(15-9-5-2-6-10-15)13-14-7-3-1-4-8-14;/h1-5,7-8,15-18H,6,9-13H2;1H. The Balaban J connectivity index is 0.00000180. The van der Waals surface area contributed by atoms with Gasteiger partial charge in [-0.25, -0.2) is 0 Å². The fourth-order valence-corrected chi connectivity index (χ4v) is 2.71. The van der Waals surface area contributed by atoms with Gasteiger partial charge in [0, 0.05) is 12.6 Å². The molecule has 2 atom stereocenters. The number of benzene rings is 1. The second kappa shape index (κ2) is 9.13. The molecule has 2 rings (SSSR count). The molecule has 19 heavy (non-hydrogen) atoms. The molecule has 1 aliphatic rings. The maximum atomic E-state index is 9.00. The van der Waals surface area contributed by atoms with Crippen molar-refractivity contribution in [1.82, 2.24) is 5.32 Å². The van der Waals surface area contributed by atoms with Gasteiger partial charge in [-0.05, 0) is 37.2 Å². The number of nitrogens with one attached hydrogen (secondary N) is 1. The first-order valence-electron chi connectivity index (χ1n) is 6.93. The molecule has 2 unspecified atom stereocenters. The summed E-state index contributed by atoms with van der Waals surface area (Å²) < 4.78 is 0. The molecule has 1 aromatic rings. The van der Waals surface area contributed by atoms with E-state index < -0.39 is 0 Å². The molecule has 106 valence electrons. The lowest BCUT2D eigenvalue weighted by Crippen LogP contribution is -2.40. The Morgan fingerprint density at radius 1 is 1.21 bits per heavy atom. The van der Waals surface area contributed by atoms with Crippen LogP contribution >= 0.6 is 12.4 Å². The van der Waals surface area contributed by atoms with Crippen molar-refractivity contribution in [1.29, 1.82) is 0 Å². The molecule has 2 N–H and O–H groups in total. The van der Waals surface area contributed by atoms with Gasteiger partial charge in [0.1, 0.15) is 0 Å². The van der Waals surface area contributed by atoms with Crippen LogP contribution in [-0.4, -0.2) is 24.3 Å². The summed E-state index contributed by atoms with van der Waals surface area (Å²) in [6, 6.07) is 11.1. The Labute approximate surface area is 122 Å². The minimum atomic E-state index is 0. The van der Waals surface area contributed by atoms with Crippen LogP contribution in [0.2, 0.25) is 0 Å². The van der Waals surface area contributed by atoms with E-state index in [1.165, 1.54) is 18.4 Å². The van der Waals surface area contributed by atoms with Crippen LogP contribution in [0.5, 0.6) is 0 Å². The predicted octanol–water partition coefficient (Wildman–Crippen LogP) is 2.96. The fraction of sp³-hybridized carbons (Fsp3) is 0.500. The highest BCUT2D eigenvalue weighted by atomic mass is 35.5. The minimum Gasteiger partial charge on any atom is -0.395 e. The molecule has 0 aromatic heterocycles. The Bertz CT molecular complexity index is 366. The summed E-state index contributed by atoms with van der Waals surface area (Å²) >= 11 is 0. The summed E-state index contributed by atoms with van der Waals surface area (Å²) in [5, 5.41) is 12.5. The molecule has 0 radical (unpaired) electrons. The van der Waals surface area contributed by atoms with Gasteiger partial charge in [-0.2, -0.15) is 0 Å². The Hall–Kier alpha value is -0.830. The quantitative estimate of drug-likeness (QED) is 0.786. The van der Waals surface area contributed by atoms with Crippen LogP contribution in [0.3, 0.4) is 0 Å². The van der Waals surface area contributed by atoms with Crippen LogP contribution in [0.15, 0.2) is 42.5 Å². The zero-order valence-electron chi connectivity index (χ0n) is 11.3. The Morgan fingerprint density at radius 2 is 2.00 bits per heavy atom. The van der Waals surface area contributed by atoms with Crippen LogP contribution in [0.4, 0.5) is 0 Å². The molecule has 3 heteroatoms. The summed E-state index contributed by atoms with van der Waals surface area (Å²) in [4.78, 5) is 0. The van der Waals surface area contributed by atoms with Gasteiger partial charge < -0.3 is 10.4 Å². The first-order chi connectivity index (χ1) is 8.90. The number of aliphatic hydroxyl groups is 1. The van der Waals surface area contributed by atoms with Crippen LogP contribution in [0, 0.1) is 5.92 Å². The van der Waals surface area contributed by atoms with Crippen molar-refractivity contribution in [2.24, 2.45) is 5.92 Å². The van der Waals surface area contributed by atoms with Crippen molar-refractivity contribution in [3.63, 3.8) is 0 Å². The molecule has 0 bridgehead atoms. The second-order valence-electron chi connectivity index (χ2n) is 5.02. The van der Waals surface area contributed by atoms with Crippen LogP contribution in [0.25, 0.3) is 0 Å². The second-order valence-corrected chi connectivity index (χ2v) is 5.02. The highest BCUT2D eigenvalue weighted by Crippen LogP contribution is 2.24. The smallest absolute Gasteiger partial charge is 0.0556 e. The molecular formula is C16H24ClNO. The summed E-state index contributed by atoms with van der Waals surface area (Å²) in [6.07, 6.45) is 9.24. The third-order valence-corrected chi connectivity index (χ3v) is 3.70. The first kappa shape index (κ1) is 16.2. The van der Waals surface area contributed by atoms with Crippen molar-refractivity contribution >= 4 is 12.4 Å². The molecule has 0 heterocycles. The van der Waals surface area contributed by atoms with Gasteiger partial charge in [0.25, 0.3) is 0 Å². The third-order valence-electron chi connectivity index (χ3n) is 3.70. The van der Waals surface area contributed by atoms with E-state index in [-0.39, 0.29) is 19.0 Å². The average Bonchev–Trinajstić information content (AvgIpc) is 2.45. The van der Waals surface area contributed by atoms with Crippen LogP contribution < -0.4 is 5.32 Å². The largest absolute Gasteiger partial charge is 0.395 e. The molecule has 0 spiro atoms. The summed E-state index contributed by atoms with van der Waals surface area (Å²) in [6.45, 7) is 0.908. The molecule has 2 nitrogen and oxygen atoms in total. The van der Waals surface area contributed by atoms with Crippen molar-refractivity contribution in [3.8, 4) is 0 Å². The Kier molecular flexibility index (Phi) is 7.80. The Morgan fingerprint density at radius 3 is 2.63 bits per heavy atom. The summed E-state index contributed by atoms with van der Waals surface area (Å²) in [5.41, 5.74) is 1.38. The van der Waals surface area contributed by atoms with Crippen molar-refractivity contribution in [3.05, 3.63) is 48.0 Å². The van der Waals surface area contributed by atoms with E-state index in [1.54, 1.807) is 0 Å². The van der Waals surface area contributed by atoms with Crippen LogP contribution in [0.1, 0.15) is 24.8 Å². The predicted molar refractivity (Wildman–Crippen MR) is 82.8 cm³/mol. The topological polar surface area (TPSA) is 32.3 Å². The SMILES string of the molecule is Cl.OCCNC(Cc1ccccc1)C1CC=CCC1. The van der Waals surface area contributed by atoms with Crippen molar-refractivity contribution < 1.29 is 5.11 Å². The average molecular weight is 282 g/mol. The summed E-state index contributed by atoms with van der Waals surface area (Å²) in [7, 11) is 0. The van der Waals surface area contributed by atoms with Gasteiger partial charge >= 0.3 is 0 Å². The number of hydrogen-bond acceptors (Lipinski definition) is 2. The maximum absolute atomic E-state index is 9.00. The van der Waals surface area contributed by atoms with E-state index in [9.17, 15) is 0 Å². The molecule has 0 amide bonds. The van der Waals surface area contributed by atoms with Crippen molar-refractivity contribution in [2.75, 3.05) is 13.2 Å². The molecular weight excluding hydrogens is 258 g/mol. The third kappa shape index (κ3) is 5.35. The molecule has 0 saturated heterocycles. The van der Waals surface area contributed by atoms with E-state index in [0.29, 0.717) is 18.5 Å². The van der Waals surface area contributed by atoms with E-state index in [0.717, 1.165) is 12.8 Å². The normalized spacial score (nSPS) is 19.7. The minimum absolute atomic E-state index is 0. The van der Waals surface area contributed by atoms with Gasteiger partial charge in [0.05, 0.1) is 6.61 Å². The molecule has 0 aliphatic heterocycles. The molecule has 0 fully saturated rings. The lowest BCUT2D eigenvalue weighted by atomic mass is 9.84. The maximum Gasteiger partial charge on any atom is 0.0556 e. The highest BCUT2D eigenvalue weighted by molar-refractivity contribution is 5.85. The monoisotopic (exact) mass is 281 g/mol. The number of allylic oxidation sites excluding steroid dienone is 2. The lowest BCUT2D eigenvalue weighted by Gasteiger charge is -2.29. The van der Waals surface area contributed by atoms with E-state index in [1.807, 2.05) is 0 Å². The number of aliphatic hydroxyl groups excluding tert-OH is 1. The highest BCUT2D eigenvalue weighted by Gasteiger charge is 2.21. The molecule has 0 saturated carbocycles.